The Morgan fingerprint density at radius 1 is 1.71 bits per heavy atom. The van der Waals surface area contributed by atoms with E-state index in [4.69, 9.17) is 5.11 Å². The van der Waals surface area contributed by atoms with Crippen molar-refractivity contribution in [2.45, 2.75) is 12.5 Å². The Morgan fingerprint density at radius 2 is 2.43 bits per heavy atom. The molecule has 0 radical (unpaired) electrons. The molecule has 1 atom stereocenters. The summed E-state index contributed by atoms with van der Waals surface area (Å²) in [7, 11) is 1.15. The van der Waals surface area contributed by atoms with Crippen LogP contribution in [0, 0.1) is 0 Å². The van der Waals surface area contributed by atoms with E-state index >= 15 is 0 Å². The normalized spacial score (nSPS) is 12.1. The van der Waals surface area contributed by atoms with Crippen molar-refractivity contribution in [2.24, 2.45) is 0 Å². The van der Waals surface area contributed by atoms with Gasteiger partial charge < -0.3 is 14.8 Å². The number of nitrogens with zero attached hydrogens (tertiary/aromatic N) is 1. The average molecular weight is 198 g/mol. The number of Topliss-reactive ketones (excluding diaryl/α,β-unsaturated/α-hetero) is 1. The van der Waals surface area contributed by atoms with Crippen molar-refractivity contribution in [3.8, 4) is 0 Å². The van der Waals surface area contributed by atoms with Crippen LogP contribution in [0.4, 0.5) is 0 Å². The minimum atomic E-state index is -1.42. The summed E-state index contributed by atoms with van der Waals surface area (Å²) in [6.45, 7) is 0. The fourth-order valence-electron chi connectivity index (χ4n) is 0.913. The number of aliphatic hydroxyl groups excluding tert-OH is 1. The summed E-state index contributed by atoms with van der Waals surface area (Å²) in [6.07, 6.45) is 0.940. The molecule has 0 amide bonds. The molecule has 6 nitrogen and oxygen atoms in total. The molecule has 0 fully saturated rings. The van der Waals surface area contributed by atoms with E-state index in [0.717, 1.165) is 7.11 Å². The number of methoxy groups -OCH3 is 1. The monoisotopic (exact) mass is 198 g/mol. The minimum absolute atomic E-state index is 0.257. The van der Waals surface area contributed by atoms with E-state index in [0.29, 0.717) is 0 Å². The van der Waals surface area contributed by atoms with Gasteiger partial charge in [-0.25, -0.2) is 9.78 Å². The summed E-state index contributed by atoms with van der Waals surface area (Å²) in [6, 6.07) is 0. The van der Waals surface area contributed by atoms with Crippen LogP contribution in [0.5, 0.6) is 0 Å². The molecule has 1 aromatic heterocycles. The predicted molar refractivity (Wildman–Crippen MR) is 45.6 cm³/mol. The standard InChI is InChI=1S/C8H10N2O4/c1-14-8(13)7(12)2-6(11)5-3-9-4-10-5/h3-4,7,12H,2H2,1H3,(H,9,10)/t7-/m0/s1. The van der Waals surface area contributed by atoms with Crippen LogP contribution in [0.25, 0.3) is 0 Å². The first-order valence-corrected chi connectivity index (χ1v) is 3.92. The molecular formula is C8H10N2O4. The van der Waals surface area contributed by atoms with Crippen molar-refractivity contribution < 1.29 is 19.4 Å². The maximum atomic E-state index is 11.3. The number of carbonyl (C=O) groups is 2. The van der Waals surface area contributed by atoms with Gasteiger partial charge in [0.25, 0.3) is 0 Å². The van der Waals surface area contributed by atoms with Crippen LogP contribution in [0.15, 0.2) is 12.5 Å². The highest BCUT2D eigenvalue weighted by molar-refractivity contribution is 5.96. The Bertz CT molecular complexity index is 320. The number of aromatic amines is 1. The van der Waals surface area contributed by atoms with Crippen LogP contribution in [0.2, 0.25) is 0 Å². The molecule has 0 saturated carbocycles. The molecule has 1 aromatic rings. The molecule has 1 rings (SSSR count). The second kappa shape index (κ2) is 4.52. The lowest BCUT2D eigenvalue weighted by atomic mass is 10.1. The summed E-state index contributed by atoms with van der Waals surface area (Å²) in [5.41, 5.74) is 0.257. The van der Waals surface area contributed by atoms with Crippen LogP contribution < -0.4 is 0 Å². The molecule has 0 spiro atoms. The van der Waals surface area contributed by atoms with Gasteiger partial charge in [-0.05, 0) is 0 Å². The maximum Gasteiger partial charge on any atom is 0.335 e. The first kappa shape index (κ1) is 10.4. The van der Waals surface area contributed by atoms with E-state index < -0.39 is 12.1 Å². The van der Waals surface area contributed by atoms with Gasteiger partial charge in [-0.3, -0.25) is 4.79 Å². The molecule has 0 saturated heterocycles. The van der Waals surface area contributed by atoms with Gasteiger partial charge in [0.2, 0.25) is 0 Å². The van der Waals surface area contributed by atoms with Gasteiger partial charge in [-0.1, -0.05) is 0 Å². The number of carbonyl (C=O) groups excluding carboxylic acids is 2. The highest BCUT2D eigenvalue weighted by Crippen LogP contribution is 2.02. The molecule has 0 aliphatic rings. The van der Waals surface area contributed by atoms with Crippen LogP contribution >= 0.6 is 0 Å². The number of aromatic nitrogens is 2. The average Bonchev–Trinajstić information content (AvgIpc) is 2.69. The number of aliphatic hydroxyl groups is 1. The van der Waals surface area contributed by atoms with Gasteiger partial charge in [0.05, 0.1) is 19.6 Å². The molecule has 76 valence electrons. The van der Waals surface area contributed by atoms with Crippen molar-refractivity contribution in [1.29, 1.82) is 0 Å². The highest BCUT2D eigenvalue weighted by atomic mass is 16.5. The number of ether oxygens (including phenoxy) is 1. The molecule has 0 bridgehead atoms. The Morgan fingerprint density at radius 3 is 2.93 bits per heavy atom. The van der Waals surface area contributed by atoms with Crippen LogP contribution in [0.1, 0.15) is 16.9 Å². The van der Waals surface area contributed by atoms with E-state index in [-0.39, 0.29) is 17.9 Å². The molecule has 0 aliphatic carbocycles. The molecular weight excluding hydrogens is 188 g/mol. The molecule has 0 aliphatic heterocycles. The molecule has 0 unspecified atom stereocenters. The second-order valence-corrected chi connectivity index (χ2v) is 2.63. The van der Waals surface area contributed by atoms with Gasteiger partial charge in [0.15, 0.2) is 11.9 Å². The van der Waals surface area contributed by atoms with Crippen molar-refractivity contribution in [3.05, 3.63) is 18.2 Å². The quantitative estimate of drug-likeness (QED) is 0.503. The van der Waals surface area contributed by atoms with Gasteiger partial charge >= 0.3 is 5.97 Å². The highest BCUT2D eigenvalue weighted by Gasteiger charge is 2.20. The number of imidazole rings is 1. The Hall–Kier alpha value is -1.69. The lowest BCUT2D eigenvalue weighted by molar-refractivity contribution is -0.150. The van der Waals surface area contributed by atoms with Gasteiger partial charge in [0.1, 0.15) is 5.69 Å². The number of H-pyrrole nitrogens is 1. The lowest BCUT2D eigenvalue weighted by Gasteiger charge is -2.05. The third-order valence-corrected chi connectivity index (χ3v) is 1.65. The van der Waals surface area contributed by atoms with Crippen molar-refractivity contribution >= 4 is 11.8 Å². The summed E-state index contributed by atoms with van der Waals surface area (Å²) in [5.74, 6) is -1.21. The number of nitrogens with one attached hydrogen (secondary N) is 1. The molecule has 2 N–H and O–H groups in total. The van der Waals surface area contributed by atoms with Crippen molar-refractivity contribution in [3.63, 3.8) is 0 Å². The van der Waals surface area contributed by atoms with E-state index in [9.17, 15) is 9.59 Å². The van der Waals surface area contributed by atoms with Gasteiger partial charge in [0, 0.05) is 6.42 Å². The zero-order valence-electron chi connectivity index (χ0n) is 7.56. The van der Waals surface area contributed by atoms with Crippen molar-refractivity contribution in [1.82, 2.24) is 9.97 Å². The molecule has 0 aromatic carbocycles. The smallest absolute Gasteiger partial charge is 0.335 e. The molecule has 1 heterocycles. The summed E-state index contributed by atoms with van der Waals surface area (Å²) >= 11 is 0. The topological polar surface area (TPSA) is 92.3 Å². The Balaban J connectivity index is 2.53. The molecule has 14 heavy (non-hydrogen) atoms. The Labute approximate surface area is 79.9 Å². The van der Waals surface area contributed by atoms with Gasteiger partial charge in [-0.2, -0.15) is 0 Å². The summed E-state index contributed by atoms with van der Waals surface area (Å²) in [5, 5.41) is 9.16. The van der Waals surface area contributed by atoms with E-state index in [1.54, 1.807) is 0 Å². The number of ketones is 1. The van der Waals surface area contributed by atoms with E-state index in [1.165, 1.54) is 12.5 Å². The SMILES string of the molecule is COC(=O)[C@@H](O)CC(=O)c1cnc[nH]1. The predicted octanol–water partition coefficient (Wildman–Crippen LogP) is -0.484. The second-order valence-electron chi connectivity index (χ2n) is 2.63. The fraction of sp³-hybridized carbons (Fsp3) is 0.375. The number of rotatable bonds is 4. The number of hydrogen-bond donors (Lipinski definition) is 2. The Kier molecular flexibility index (Phi) is 3.35. The summed E-state index contributed by atoms with van der Waals surface area (Å²) in [4.78, 5) is 28.3. The fourth-order valence-corrected chi connectivity index (χ4v) is 0.913. The zero-order chi connectivity index (χ0) is 10.6. The summed E-state index contributed by atoms with van der Waals surface area (Å²) < 4.78 is 4.26. The molecule has 6 heteroatoms. The van der Waals surface area contributed by atoms with E-state index in [1.807, 2.05) is 0 Å². The first-order valence-electron chi connectivity index (χ1n) is 3.92. The third-order valence-electron chi connectivity index (χ3n) is 1.65. The largest absolute Gasteiger partial charge is 0.467 e. The maximum absolute atomic E-state index is 11.3. The lowest BCUT2D eigenvalue weighted by Crippen LogP contribution is -2.25. The zero-order valence-corrected chi connectivity index (χ0v) is 7.56. The van der Waals surface area contributed by atoms with Crippen LogP contribution in [-0.2, 0) is 9.53 Å². The number of esters is 1. The minimum Gasteiger partial charge on any atom is -0.467 e. The third kappa shape index (κ3) is 2.40. The first-order chi connectivity index (χ1) is 6.65. The van der Waals surface area contributed by atoms with E-state index in [2.05, 4.69) is 14.7 Å². The number of hydrogen-bond acceptors (Lipinski definition) is 5. The van der Waals surface area contributed by atoms with Crippen LogP contribution in [-0.4, -0.2) is 40.0 Å². The van der Waals surface area contributed by atoms with Crippen LogP contribution in [0.3, 0.4) is 0 Å². The van der Waals surface area contributed by atoms with Crippen molar-refractivity contribution in [2.75, 3.05) is 7.11 Å². The van der Waals surface area contributed by atoms with Gasteiger partial charge in [-0.15, -0.1) is 0 Å².